The van der Waals surface area contributed by atoms with Gasteiger partial charge in [-0.05, 0) is 42.8 Å². The van der Waals surface area contributed by atoms with Crippen LogP contribution in [0.25, 0.3) is 0 Å². The van der Waals surface area contributed by atoms with Gasteiger partial charge in [0.15, 0.2) is 12.6 Å². The number of aliphatic hydroxyl groups is 4. The number of hydrogen-bond acceptors (Lipinski definition) is 13. The van der Waals surface area contributed by atoms with Gasteiger partial charge in [0.2, 0.25) is 5.91 Å². The fourth-order valence-corrected chi connectivity index (χ4v) is 19.4. The predicted octanol–water partition coefficient (Wildman–Crippen LogP) is 4.26. The van der Waals surface area contributed by atoms with Crippen molar-refractivity contribution in [3.05, 3.63) is 157 Å². The summed E-state index contributed by atoms with van der Waals surface area (Å²) in [5, 5.41) is 55.9. The Morgan fingerprint density at radius 1 is 0.568 bits per heavy atom. The molecule has 7 rings (SSSR count). The molecule has 2 aliphatic rings. The summed E-state index contributed by atoms with van der Waals surface area (Å²) in [6.45, 7) is 14.0. The highest BCUT2D eigenvalue weighted by Crippen LogP contribution is 2.40. The lowest BCUT2D eigenvalue weighted by Crippen LogP contribution is -2.70. The Balaban J connectivity index is 1.18. The molecule has 398 valence electrons. The van der Waals surface area contributed by atoms with E-state index in [0.717, 1.165) is 26.3 Å². The molecule has 5 aromatic carbocycles. The zero-order valence-corrected chi connectivity index (χ0v) is 45.4. The molecule has 0 aliphatic carbocycles. The van der Waals surface area contributed by atoms with Crippen LogP contribution in [0.15, 0.2) is 152 Å². The molecule has 6 N–H and O–H groups in total. The van der Waals surface area contributed by atoms with E-state index in [-0.39, 0.29) is 33.0 Å². The fourth-order valence-electron chi connectivity index (χ4n) is 10.2. The van der Waals surface area contributed by atoms with Crippen molar-refractivity contribution in [1.29, 1.82) is 0 Å². The van der Waals surface area contributed by atoms with Crippen molar-refractivity contribution in [2.75, 3.05) is 26.4 Å². The third kappa shape index (κ3) is 12.9. The monoisotopic (exact) mass is 1050 g/mol. The zero-order valence-electron chi connectivity index (χ0n) is 43.4. The molecule has 0 bridgehead atoms. The van der Waals surface area contributed by atoms with Gasteiger partial charge in [-0.15, -0.1) is 0 Å². The number of ether oxygens (including phenoxy) is 5. The Morgan fingerprint density at radius 3 is 1.45 bits per heavy atom. The van der Waals surface area contributed by atoms with Gasteiger partial charge in [-0.25, -0.2) is 4.79 Å². The number of benzene rings is 5. The van der Waals surface area contributed by atoms with Gasteiger partial charge in [0, 0.05) is 13.5 Å². The molecular weight excluding hydrogens is 977 g/mol. The molecule has 10 atom stereocenters. The highest BCUT2D eigenvalue weighted by Gasteiger charge is 2.56. The number of carbonyl (C=O) groups is 2. The van der Waals surface area contributed by atoms with E-state index in [4.69, 9.17) is 32.5 Å². The summed E-state index contributed by atoms with van der Waals surface area (Å²) in [5.74, 6) is -0.497. The summed E-state index contributed by atoms with van der Waals surface area (Å²) in [4.78, 5) is 25.4. The zero-order chi connectivity index (χ0) is 53.1. The molecule has 17 heteroatoms. The van der Waals surface area contributed by atoms with E-state index in [1.54, 1.807) is 0 Å². The first-order valence-corrected chi connectivity index (χ1v) is 29.2. The number of rotatable bonds is 20. The second kappa shape index (κ2) is 25.1. The van der Waals surface area contributed by atoms with E-state index >= 15 is 0 Å². The van der Waals surface area contributed by atoms with Crippen LogP contribution in [-0.2, 0) is 43.9 Å². The SMILES string of the molecule is CC(=O)N[C@H]1[C@H](OCCCNC(=O)OCc2ccccc2)O[C@H](CO[Si](c2ccccc2)(c2ccccc2)C(C)(C)C)[C@@H](O[C@@H]2O[C@H](CO[Si](c3ccccc3)(c3ccccc3)C(C)(C)C)[C@H](O)[C@H](O)[C@H]2O)[C@@H]1O. The van der Waals surface area contributed by atoms with Crippen LogP contribution in [0.2, 0.25) is 10.1 Å². The molecule has 2 heterocycles. The van der Waals surface area contributed by atoms with Gasteiger partial charge in [0.25, 0.3) is 16.6 Å². The van der Waals surface area contributed by atoms with Gasteiger partial charge >= 0.3 is 6.09 Å². The fraction of sp³-hybridized carbons (Fsp3) is 0.439. The third-order valence-electron chi connectivity index (χ3n) is 13.8. The summed E-state index contributed by atoms with van der Waals surface area (Å²) < 4.78 is 46.0. The van der Waals surface area contributed by atoms with E-state index in [1.165, 1.54) is 6.92 Å². The quantitative estimate of drug-likeness (QED) is 0.0478. The van der Waals surface area contributed by atoms with Crippen LogP contribution in [0, 0.1) is 0 Å². The van der Waals surface area contributed by atoms with Gasteiger partial charge in [0.05, 0.1) is 19.8 Å². The van der Waals surface area contributed by atoms with Crippen LogP contribution in [0.4, 0.5) is 4.79 Å². The molecule has 0 unspecified atom stereocenters. The van der Waals surface area contributed by atoms with Gasteiger partial charge in [-0.2, -0.15) is 0 Å². The topological polar surface area (TPSA) is 204 Å². The van der Waals surface area contributed by atoms with Crippen molar-refractivity contribution in [2.24, 2.45) is 0 Å². The predicted molar refractivity (Wildman–Crippen MR) is 286 cm³/mol. The van der Waals surface area contributed by atoms with Crippen LogP contribution >= 0.6 is 0 Å². The maximum absolute atomic E-state index is 12.9. The summed E-state index contributed by atoms with van der Waals surface area (Å²) in [6, 6.07) is 47.9. The number of hydrogen-bond donors (Lipinski definition) is 6. The van der Waals surface area contributed by atoms with Crippen LogP contribution in [0.3, 0.4) is 0 Å². The van der Waals surface area contributed by atoms with Crippen molar-refractivity contribution in [3.8, 4) is 0 Å². The van der Waals surface area contributed by atoms with Crippen LogP contribution < -0.4 is 31.4 Å². The minimum Gasteiger partial charge on any atom is -0.445 e. The second-order valence-electron chi connectivity index (χ2n) is 21.0. The molecule has 2 aliphatic heterocycles. The largest absolute Gasteiger partial charge is 0.445 e. The molecule has 0 radical (unpaired) electrons. The Bertz CT molecular complexity index is 2430. The smallest absolute Gasteiger partial charge is 0.407 e. The molecular formula is C57H74N2O13Si2. The highest BCUT2D eigenvalue weighted by atomic mass is 28.4. The molecule has 2 fully saturated rings. The molecule has 74 heavy (non-hydrogen) atoms. The average Bonchev–Trinajstić information content (AvgIpc) is 3.39. The van der Waals surface area contributed by atoms with Crippen molar-refractivity contribution in [1.82, 2.24) is 10.6 Å². The second-order valence-corrected chi connectivity index (χ2v) is 29.6. The average molecular weight is 1050 g/mol. The lowest BCUT2D eigenvalue weighted by molar-refractivity contribution is -0.347. The van der Waals surface area contributed by atoms with Crippen molar-refractivity contribution in [3.63, 3.8) is 0 Å². The first kappa shape index (κ1) is 56.6. The molecule has 2 saturated heterocycles. The number of alkyl carbamates (subject to hydrolysis) is 1. The Hall–Kier alpha value is -5.13. The normalized spacial score (nSPS) is 24.7. The minimum atomic E-state index is -3.27. The first-order valence-electron chi connectivity index (χ1n) is 25.4. The van der Waals surface area contributed by atoms with Crippen LogP contribution in [0.5, 0.6) is 0 Å². The third-order valence-corrected chi connectivity index (χ3v) is 23.9. The molecule has 2 amide bonds. The summed E-state index contributed by atoms with van der Waals surface area (Å²) in [7, 11) is -6.46. The lowest BCUT2D eigenvalue weighted by Gasteiger charge is -2.49. The number of aliphatic hydroxyl groups excluding tert-OH is 4. The van der Waals surface area contributed by atoms with E-state index < -0.39 is 100 Å². The van der Waals surface area contributed by atoms with Crippen LogP contribution in [0.1, 0.15) is 60.5 Å². The van der Waals surface area contributed by atoms with Gasteiger partial charge in [-0.1, -0.05) is 193 Å². The van der Waals surface area contributed by atoms with Crippen molar-refractivity contribution in [2.45, 2.75) is 133 Å². The summed E-state index contributed by atoms with van der Waals surface area (Å²) in [6.07, 6.45) is -13.7. The molecule has 0 spiro atoms. The number of carbonyl (C=O) groups excluding carboxylic acids is 2. The standard InChI is InChI=1S/C57H74N2O13Si2/c1-39(60)59-47-49(62)52(72-54-51(64)50(63)48(61)45(70-54)37-68-73(56(2,3)4,41-26-15-9-16-27-41)42-28-17-10-18-29-42)46(71-53(47)66-35-23-34-58-55(65)67-36-40-24-13-8-14-25-40)38-69-74(57(5,6)7,43-30-19-11-20-31-43)44-32-21-12-22-33-44/h8-22,24-33,45-54,61-64H,23,34-38H2,1-7H3,(H,58,65)(H,59,60)/t45-,46-,47-,48+,49-,50+,51-,52-,53-,54+/m1/s1. The van der Waals surface area contributed by atoms with Gasteiger partial charge in [-0.3, -0.25) is 4.79 Å². The maximum Gasteiger partial charge on any atom is 0.407 e. The van der Waals surface area contributed by atoms with Crippen molar-refractivity contribution < 1.29 is 62.6 Å². The van der Waals surface area contributed by atoms with Gasteiger partial charge in [0.1, 0.15) is 55.4 Å². The van der Waals surface area contributed by atoms with E-state index in [1.807, 2.05) is 152 Å². The van der Waals surface area contributed by atoms with Crippen molar-refractivity contribution >= 4 is 49.4 Å². The molecule has 0 saturated carbocycles. The number of amides is 2. The van der Waals surface area contributed by atoms with E-state index in [2.05, 4.69) is 52.2 Å². The summed E-state index contributed by atoms with van der Waals surface area (Å²) >= 11 is 0. The minimum absolute atomic E-state index is 0.0296. The first-order chi connectivity index (χ1) is 35.4. The Kier molecular flexibility index (Phi) is 19.2. The molecule has 5 aromatic rings. The Morgan fingerprint density at radius 2 is 1.00 bits per heavy atom. The molecule has 0 aromatic heterocycles. The Labute approximate surface area is 437 Å². The summed E-state index contributed by atoms with van der Waals surface area (Å²) in [5.41, 5.74) is 0.845. The van der Waals surface area contributed by atoms with Gasteiger partial charge < -0.3 is 63.6 Å². The lowest BCUT2D eigenvalue weighted by atomic mass is 9.95. The maximum atomic E-state index is 12.9. The number of nitrogens with one attached hydrogen (secondary N) is 2. The molecule has 15 nitrogen and oxygen atoms in total. The van der Waals surface area contributed by atoms with Crippen LogP contribution in [-0.4, -0.2) is 137 Å². The van der Waals surface area contributed by atoms with E-state index in [0.29, 0.717) is 6.42 Å². The van der Waals surface area contributed by atoms with E-state index in [9.17, 15) is 30.0 Å². The highest BCUT2D eigenvalue weighted by molar-refractivity contribution is 7.00.